The van der Waals surface area contributed by atoms with Crippen molar-refractivity contribution in [3.63, 3.8) is 0 Å². The molecule has 1 aromatic carbocycles. The zero-order chi connectivity index (χ0) is 23.6. The zero-order valence-corrected chi connectivity index (χ0v) is 20.8. The molecule has 174 valence electrons. The normalized spacial score (nSPS) is 14.5. The van der Waals surface area contributed by atoms with Gasteiger partial charge in [0, 0.05) is 5.56 Å². The Morgan fingerprint density at radius 1 is 0.871 bits per heavy atom. The molecule has 0 heterocycles. The van der Waals surface area contributed by atoms with Crippen LogP contribution in [0.4, 0.5) is 0 Å². The molecule has 0 spiro atoms. The molecule has 0 amide bonds. The van der Waals surface area contributed by atoms with Gasteiger partial charge in [0.1, 0.15) is 11.5 Å². The van der Waals surface area contributed by atoms with Crippen LogP contribution in [0.2, 0.25) is 0 Å². The topological polar surface area (TPSA) is 60.7 Å². The smallest absolute Gasteiger partial charge is 0.122 e. The maximum atomic E-state index is 10.8. The fraction of sp³-hybridized carbons (Fsp3) is 0.571. The van der Waals surface area contributed by atoms with Gasteiger partial charge in [0.05, 0.1) is 5.60 Å². The monoisotopic (exact) mass is 428 g/mol. The molecule has 3 nitrogen and oxygen atoms in total. The molecular weight excluding hydrogens is 384 g/mol. The van der Waals surface area contributed by atoms with Gasteiger partial charge in [-0.05, 0) is 117 Å². The summed E-state index contributed by atoms with van der Waals surface area (Å²) in [6.07, 6.45) is 13.8. The molecule has 1 atom stereocenters. The Morgan fingerprint density at radius 2 is 1.42 bits per heavy atom. The highest BCUT2D eigenvalue weighted by Crippen LogP contribution is 2.34. The minimum atomic E-state index is -0.809. The van der Waals surface area contributed by atoms with Crippen LogP contribution in [0.5, 0.6) is 11.5 Å². The van der Waals surface area contributed by atoms with Gasteiger partial charge in [0.25, 0.3) is 0 Å². The average Bonchev–Trinajstić information content (AvgIpc) is 2.66. The lowest BCUT2D eigenvalue weighted by molar-refractivity contribution is 0.0431. The molecule has 0 radical (unpaired) electrons. The number of allylic oxidation sites excluding steroid dienone is 6. The number of aliphatic hydroxyl groups is 1. The first-order valence-corrected chi connectivity index (χ1v) is 11.6. The van der Waals surface area contributed by atoms with E-state index in [-0.39, 0.29) is 11.5 Å². The lowest BCUT2D eigenvalue weighted by Gasteiger charge is -2.24. The summed E-state index contributed by atoms with van der Waals surface area (Å²) < 4.78 is 0. The first-order chi connectivity index (χ1) is 14.4. The van der Waals surface area contributed by atoms with E-state index in [1.54, 1.807) is 13.0 Å². The molecular formula is C28H44O3. The van der Waals surface area contributed by atoms with Crippen LogP contribution in [0.15, 0.2) is 41.0 Å². The number of benzene rings is 1. The molecule has 0 aliphatic carbocycles. The number of aryl methyl sites for hydroxylation is 1. The van der Waals surface area contributed by atoms with Crippen molar-refractivity contribution in [3.8, 4) is 11.5 Å². The van der Waals surface area contributed by atoms with Gasteiger partial charge in [-0.15, -0.1) is 0 Å². The second kappa shape index (κ2) is 12.8. The minimum Gasteiger partial charge on any atom is -0.508 e. The summed E-state index contributed by atoms with van der Waals surface area (Å²) in [7, 11) is 0. The van der Waals surface area contributed by atoms with Crippen LogP contribution >= 0.6 is 0 Å². The Balaban J connectivity index is 2.48. The van der Waals surface area contributed by atoms with E-state index in [1.165, 1.54) is 16.7 Å². The standard InChI is InChI=1S/C28H44O3/c1-20(2)11-8-12-21(3)13-9-14-22(4)15-10-17-28(7,31)18-16-25-24(6)26(29)19-23(5)27(25)30/h11,13,15,19,29-31H,8-10,12,14,16-18H2,1-7H3/b21-13+,22-15+. The van der Waals surface area contributed by atoms with Gasteiger partial charge in [-0.1, -0.05) is 34.9 Å². The van der Waals surface area contributed by atoms with Gasteiger partial charge in [-0.3, -0.25) is 0 Å². The lowest BCUT2D eigenvalue weighted by atomic mass is 9.89. The van der Waals surface area contributed by atoms with E-state index in [1.807, 2.05) is 13.8 Å². The van der Waals surface area contributed by atoms with E-state index < -0.39 is 5.60 Å². The SMILES string of the molecule is CC(C)=CCC/C(C)=C/CC/C(C)=C/CCC(C)(O)CCc1c(C)c(O)cc(C)c1O. The predicted octanol–water partition coefficient (Wildman–Crippen LogP) is 7.60. The third-order valence-electron chi connectivity index (χ3n) is 6.06. The van der Waals surface area contributed by atoms with Crippen LogP contribution < -0.4 is 0 Å². The molecule has 0 fully saturated rings. The van der Waals surface area contributed by atoms with Gasteiger partial charge in [-0.2, -0.15) is 0 Å². The van der Waals surface area contributed by atoms with Crippen molar-refractivity contribution in [2.75, 3.05) is 0 Å². The highest BCUT2D eigenvalue weighted by atomic mass is 16.3. The molecule has 1 aromatic rings. The number of hydrogen-bond acceptors (Lipinski definition) is 3. The van der Waals surface area contributed by atoms with Gasteiger partial charge in [0.15, 0.2) is 0 Å². The maximum Gasteiger partial charge on any atom is 0.122 e. The predicted molar refractivity (Wildman–Crippen MR) is 133 cm³/mol. The van der Waals surface area contributed by atoms with Gasteiger partial charge in [-0.25, -0.2) is 0 Å². The fourth-order valence-corrected chi connectivity index (χ4v) is 3.75. The second-order valence-electron chi connectivity index (χ2n) is 9.66. The summed E-state index contributed by atoms with van der Waals surface area (Å²) in [5.74, 6) is 0.427. The van der Waals surface area contributed by atoms with Crippen molar-refractivity contribution >= 4 is 0 Å². The van der Waals surface area contributed by atoms with Crippen LogP contribution in [-0.2, 0) is 6.42 Å². The minimum absolute atomic E-state index is 0.199. The average molecular weight is 429 g/mol. The third-order valence-corrected chi connectivity index (χ3v) is 6.06. The van der Waals surface area contributed by atoms with E-state index in [0.717, 1.165) is 37.7 Å². The molecule has 1 unspecified atom stereocenters. The van der Waals surface area contributed by atoms with Crippen LogP contribution in [0.1, 0.15) is 96.3 Å². The van der Waals surface area contributed by atoms with Crippen LogP contribution in [-0.4, -0.2) is 20.9 Å². The quantitative estimate of drug-likeness (QED) is 0.237. The summed E-state index contributed by atoms with van der Waals surface area (Å²) in [4.78, 5) is 0. The van der Waals surface area contributed by atoms with Crippen molar-refractivity contribution in [2.45, 2.75) is 105 Å². The Bertz CT molecular complexity index is 780. The lowest BCUT2D eigenvalue weighted by Crippen LogP contribution is -2.24. The maximum absolute atomic E-state index is 10.8. The Hall–Kier alpha value is -2.00. The van der Waals surface area contributed by atoms with Crippen molar-refractivity contribution < 1.29 is 15.3 Å². The number of phenolic OH excluding ortho intramolecular Hbond substituents is 2. The number of hydrogen-bond donors (Lipinski definition) is 3. The molecule has 0 aliphatic heterocycles. The van der Waals surface area contributed by atoms with Crippen LogP contribution in [0.3, 0.4) is 0 Å². The molecule has 1 rings (SSSR count). The van der Waals surface area contributed by atoms with Gasteiger partial charge in [0.2, 0.25) is 0 Å². The summed E-state index contributed by atoms with van der Waals surface area (Å²) in [5, 5.41) is 31.1. The van der Waals surface area contributed by atoms with E-state index in [0.29, 0.717) is 30.4 Å². The van der Waals surface area contributed by atoms with E-state index in [2.05, 4.69) is 45.9 Å². The fourth-order valence-electron chi connectivity index (χ4n) is 3.75. The molecule has 0 saturated heterocycles. The second-order valence-corrected chi connectivity index (χ2v) is 9.66. The van der Waals surface area contributed by atoms with Crippen molar-refractivity contribution in [2.24, 2.45) is 0 Å². The van der Waals surface area contributed by atoms with Gasteiger partial charge >= 0.3 is 0 Å². The van der Waals surface area contributed by atoms with Crippen molar-refractivity contribution in [3.05, 3.63) is 57.7 Å². The number of rotatable bonds is 12. The van der Waals surface area contributed by atoms with Crippen LogP contribution in [0.25, 0.3) is 0 Å². The first-order valence-electron chi connectivity index (χ1n) is 11.6. The molecule has 31 heavy (non-hydrogen) atoms. The first kappa shape index (κ1) is 27.0. The third kappa shape index (κ3) is 10.2. The molecule has 0 bridgehead atoms. The van der Waals surface area contributed by atoms with E-state index in [4.69, 9.17) is 0 Å². The van der Waals surface area contributed by atoms with Gasteiger partial charge < -0.3 is 15.3 Å². The summed E-state index contributed by atoms with van der Waals surface area (Å²) in [5.41, 5.74) is 5.48. The largest absolute Gasteiger partial charge is 0.508 e. The van der Waals surface area contributed by atoms with Crippen molar-refractivity contribution in [1.29, 1.82) is 0 Å². The summed E-state index contributed by atoms with van der Waals surface area (Å²) in [6, 6.07) is 1.58. The Morgan fingerprint density at radius 3 is 2.00 bits per heavy atom. The molecule has 0 aromatic heterocycles. The zero-order valence-electron chi connectivity index (χ0n) is 20.8. The molecule has 3 N–H and O–H groups in total. The Kier molecular flexibility index (Phi) is 11.1. The highest BCUT2D eigenvalue weighted by molar-refractivity contribution is 5.51. The number of phenols is 2. The highest BCUT2D eigenvalue weighted by Gasteiger charge is 2.22. The number of aromatic hydroxyl groups is 2. The molecule has 0 saturated carbocycles. The summed E-state index contributed by atoms with van der Waals surface area (Å²) >= 11 is 0. The van der Waals surface area contributed by atoms with Crippen LogP contribution in [0, 0.1) is 13.8 Å². The summed E-state index contributed by atoms with van der Waals surface area (Å²) in [6.45, 7) is 14.1. The van der Waals surface area contributed by atoms with Crippen molar-refractivity contribution in [1.82, 2.24) is 0 Å². The molecule has 3 heteroatoms. The van der Waals surface area contributed by atoms with E-state index >= 15 is 0 Å². The molecule has 0 aliphatic rings. The Labute approximate surface area is 190 Å². The van der Waals surface area contributed by atoms with E-state index in [9.17, 15) is 15.3 Å².